The van der Waals surface area contributed by atoms with Crippen LogP contribution in [0.3, 0.4) is 0 Å². The molecule has 0 fully saturated rings. The number of imidazole rings is 1. The minimum absolute atomic E-state index is 0.0154. The molecule has 5 rings (SSSR count). The summed E-state index contributed by atoms with van der Waals surface area (Å²) < 4.78 is 28.3. The van der Waals surface area contributed by atoms with Crippen molar-refractivity contribution in [2.75, 3.05) is 0 Å². The molecule has 7 nitrogen and oxygen atoms in total. The van der Waals surface area contributed by atoms with E-state index in [1.165, 1.54) is 24.3 Å². The summed E-state index contributed by atoms with van der Waals surface area (Å²) in [6, 6.07) is 15.6. The van der Waals surface area contributed by atoms with E-state index in [4.69, 9.17) is 23.2 Å². The summed E-state index contributed by atoms with van der Waals surface area (Å²) in [7, 11) is -4.14. The highest BCUT2D eigenvalue weighted by atomic mass is 35.5. The van der Waals surface area contributed by atoms with Crippen LogP contribution < -0.4 is 0 Å². The first kappa shape index (κ1) is 21.6. The maximum absolute atomic E-state index is 13.7. The Kier molecular flexibility index (Phi) is 5.04. The van der Waals surface area contributed by atoms with Gasteiger partial charge in [-0.1, -0.05) is 53.0 Å². The topological polar surface area (TPSA) is 89.3 Å². The van der Waals surface area contributed by atoms with E-state index < -0.39 is 21.8 Å². The van der Waals surface area contributed by atoms with Crippen LogP contribution in [-0.4, -0.2) is 34.1 Å². The Bertz CT molecular complexity index is 1540. The summed E-state index contributed by atoms with van der Waals surface area (Å²) in [5.74, 6) is -1.05. The highest BCUT2D eigenvalue weighted by Gasteiger charge is 2.37. The van der Waals surface area contributed by atoms with Crippen molar-refractivity contribution in [2.45, 2.75) is 18.4 Å². The molecule has 10 heteroatoms. The number of amides is 2. The molecule has 1 aliphatic heterocycles. The molecule has 0 spiro atoms. The first-order valence-electron chi connectivity index (χ1n) is 9.82. The van der Waals surface area contributed by atoms with Crippen molar-refractivity contribution in [2.24, 2.45) is 0 Å². The predicted molar refractivity (Wildman–Crippen MR) is 124 cm³/mol. The number of aromatic nitrogens is 2. The monoisotopic (exact) mass is 499 g/mol. The van der Waals surface area contributed by atoms with Gasteiger partial charge in [0, 0.05) is 0 Å². The number of nitrogens with zero attached hydrogens (tertiary/aromatic N) is 3. The lowest BCUT2D eigenvalue weighted by atomic mass is 10.1. The van der Waals surface area contributed by atoms with Gasteiger partial charge in [-0.15, -0.1) is 0 Å². The molecule has 1 aromatic heterocycles. The molecule has 0 unspecified atom stereocenters. The molecule has 2 amide bonds. The lowest BCUT2D eigenvalue weighted by Crippen LogP contribution is -2.31. The van der Waals surface area contributed by atoms with Gasteiger partial charge in [-0.25, -0.2) is 17.4 Å². The number of hydrogen-bond donors (Lipinski definition) is 0. The Morgan fingerprint density at radius 2 is 1.45 bits per heavy atom. The van der Waals surface area contributed by atoms with Crippen LogP contribution in [0, 0.1) is 6.92 Å². The average molecular weight is 500 g/mol. The second kappa shape index (κ2) is 7.69. The number of benzene rings is 3. The van der Waals surface area contributed by atoms with E-state index in [1.807, 2.05) is 6.92 Å². The summed E-state index contributed by atoms with van der Waals surface area (Å²) in [6.45, 7) is 1.50. The van der Waals surface area contributed by atoms with Crippen molar-refractivity contribution in [3.63, 3.8) is 0 Å². The molecule has 0 N–H and O–H groups in total. The number of halogens is 2. The van der Waals surface area contributed by atoms with Crippen molar-refractivity contribution in [3.05, 3.63) is 93.2 Å². The summed E-state index contributed by atoms with van der Waals surface area (Å²) in [4.78, 5) is 31.2. The quantitative estimate of drug-likeness (QED) is 0.380. The Labute approximate surface area is 199 Å². The Morgan fingerprint density at radius 1 is 0.879 bits per heavy atom. The minimum atomic E-state index is -4.14. The Morgan fingerprint density at radius 3 is 2.06 bits per heavy atom. The van der Waals surface area contributed by atoms with Crippen LogP contribution in [0.2, 0.25) is 10.0 Å². The van der Waals surface area contributed by atoms with Gasteiger partial charge in [0.2, 0.25) is 0 Å². The van der Waals surface area contributed by atoms with Gasteiger partial charge in [0.1, 0.15) is 5.82 Å². The second-order valence-electron chi connectivity index (χ2n) is 7.61. The maximum atomic E-state index is 13.7. The van der Waals surface area contributed by atoms with Gasteiger partial charge in [0.25, 0.3) is 21.8 Å². The molecule has 0 saturated heterocycles. The van der Waals surface area contributed by atoms with E-state index in [0.717, 1.165) is 14.4 Å². The van der Waals surface area contributed by atoms with Crippen molar-refractivity contribution < 1.29 is 18.0 Å². The number of aryl methyl sites for hydroxylation is 1. The van der Waals surface area contributed by atoms with Crippen LogP contribution in [0.1, 0.15) is 32.1 Å². The van der Waals surface area contributed by atoms with Crippen LogP contribution in [-0.2, 0) is 16.6 Å². The van der Waals surface area contributed by atoms with E-state index in [1.54, 1.807) is 36.4 Å². The van der Waals surface area contributed by atoms with E-state index >= 15 is 0 Å². The van der Waals surface area contributed by atoms with Gasteiger partial charge in [-0.2, -0.15) is 0 Å². The van der Waals surface area contributed by atoms with E-state index in [9.17, 15) is 18.0 Å². The van der Waals surface area contributed by atoms with Crippen LogP contribution in [0.15, 0.2) is 65.6 Å². The summed E-state index contributed by atoms with van der Waals surface area (Å²) in [6.07, 6.45) is 0. The van der Waals surface area contributed by atoms with Crippen molar-refractivity contribution in [1.82, 2.24) is 13.9 Å². The van der Waals surface area contributed by atoms with Gasteiger partial charge < -0.3 is 0 Å². The molecule has 1 aliphatic rings. The van der Waals surface area contributed by atoms with Gasteiger partial charge in [0.05, 0.1) is 43.6 Å². The van der Waals surface area contributed by atoms with E-state index in [-0.39, 0.29) is 49.5 Å². The smallest absolute Gasteiger partial charge is 0.269 e. The third-order valence-corrected chi connectivity index (χ3v) is 7.94. The van der Waals surface area contributed by atoms with Crippen LogP contribution in [0.4, 0.5) is 0 Å². The predicted octanol–water partition coefficient (Wildman–Crippen LogP) is 4.68. The third-order valence-electron chi connectivity index (χ3n) is 5.46. The molecule has 166 valence electrons. The standard InChI is InChI=1S/C23H15Cl2N3O4S/c1-13-6-8-14(9-7-13)33(31,32)28-20-11-18(25)17(24)10-19(20)26-21(28)12-27-22(29)15-4-2-3-5-16(15)23(27)30/h2-11H,12H2,1H3. The molecule has 0 aliphatic carbocycles. The Hall–Kier alpha value is -3.20. The van der Waals surface area contributed by atoms with Crippen LogP contribution >= 0.6 is 23.2 Å². The highest BCUT2D eigenvalue weighted by molar-refractivity contribution is 7.90. The summed E-state index contributed by atoms with van der Waals surface area (Å²) in [5.41, 5.74) is 1.88. The lowest BCUT2D eigenvalue weighted by Gasteiger charge is -2.16. The Balaban J connectivity index is 1.69. The fourth-order valence-corrected chi connectivity index (χ4v) is 5.60. The first-order chi connectivity index (χ1) is 15.7. The number of rotatable bonds is 4. The summed E-state index contributed by atoms with van der Waals surface area (Å²) in [5, 5.41) is 0.352. The van der Waals surface area contributed by atoms with Crippen molar-refractivity contribution >= 4 is 56.1 Å². The number of carbonyl (C=O) groups is 2. The van der Waals surface area contributed by atoms with Gasteiger partial charge in [-0.05, 0) is 43.3 Å². The zero-order chi connectivity index (χ0) is 23.5. The molecular formula is C23H15Cl2N3O4S. The van der Waals surface area contributed by atoms with Gasteiger partial charge >= 0.3 is 0 Å². The number of hydrogen-bond acceptors (Lipinski definition) is 5. The first-order valence-corrected chi connectivity index (χ1v) is 12.0. The van der Waals surface area contributed by atoms with Gasteiger partial charge in [0.15, 0.2) is 0 Å². The number of fused-ring (bicyclic) bond motifs is 2. The highest BCUT2D eigenvalue weighted by Crippen LogP contribution is 2.32. The lowest BCUT2D eigenvalue weighted by molar-refractivity contribution is 0.0638. The molecule has 33 heavy (non-hydrogen) atoms. The second-order valence-corrected chi connectivity index (χ2v) is 10.2. The fraction of sp³-hybridized carbons (Fsp3) is 0.0870. The van der Waals surface area contributed by atoms with Crippen LogP contribution in [0.5, 0.6) is 0 Å². The molecule has 0 saturated carbocycles. The number of carbonyl (C=O) groups excluding carboxylic acids is 2. The minimum Gasteiger partial charge on any atom is -0.269 e. The molecule has 2 heterocycles. The molecule has 0 bridgehead atoms. The van der Waals surface area contributed by atoms with Crippen molar-refractivity contribution in [1.29, 1.82) is 0 Å². The largest absolute Gasteiger partial charge is 0.269 e. The molecular weight excluding hydrogens is 485 g/mol. The van der Waals surface area contributed by atoms with Crippen LogP contribution in [0.25, 0.3) is 11.0 Å². The molecule has 0 atom stereocenters. The fourth-order valence-electron chi connectivity index (χ4n) is 3.81. The van der Waals surface area contributed by atoms with E-state index in [0.29, 0.717) is 0 Å². The van der Waals surface area contributed by atoms with E-state index in [2.05, 4.69) is 4.98 Å². The van der Waals surface area contributed by atoms with Crippen molar-refractivity contribution in [3.8, 4) is 0 Å². The number of imide groups is 1. The van der Waals surface area contributed by atoms with Gasteiger partial charge in [-0.3, -0.25) is 14.5 Å². The molecule has 3 aromatic carbocycles. The SMILES string of the molecule is Cc1ccc(S(=O)(=O)n2c(CN3C(=O)c4ccccc4C3=O)nc3cc(Cl)c(Cl)cc32)cc1. The average Bonchev–Trinajstić information content (AvgIpc) is 3.25. The maximum Gasteiger partial charge on any atom is 0.269 e. The zero-order valence-electron chi connectivity index (χ0n) is 17.1. The normalized spacial score (nSPS) is 13.7. The molecule has 4 aromatic rings. The third kappa shape index (κ3) is 3.42. The summed E-state index contributed by atoms with van der Waals surface area (Å²) >= 11 is 12.3. The molecule has 0 radical (unpaired) electrons. The zero-order valence-corrected chi connectivity index (χ0v) is 19.4.